The third kappa shape index (κ3) is 3.34. The molecule has 2 N–H and O–H groups in total. The summed E-state index contributed by atoms with van der Waals surface area (Å²) in [7, 11) is 1.33. The zero-order chi connectivity index (χ0) is 13.7. The number of hydrogen-bond donors (Lipinski definition) is 2. The molecule has 0 aliphatic heterocycles. The Morgan fingerprint density at radius 2 is 2.11 bits per heavy atom. The van der Waals surface area contributed by atoms with Crippen molar-refractivity contribution in [2.75, 3.05) is 13.7 Å². The third-order valence-electron chi connectivity index (χ3n) is 2.90. The van der Waals surface area contributed by atoms with Crippen molar-refractivity contribution in [3.63, 3.8) is 0 Å². The molecule has 0 radical (unpaired) electrons. The van der Waals surface area contributed by atoms with E-state index in [0.717, 1.165) is 16.5 Å². The average Bonchev–Trinajstić information content (AvgIpc) is 2.82. The number of fused-ring (bicyclic) bond motifs is 1. The molecule has 0 atom stereocenters. The second-order valence-corrected chi connectivity index (χ2v) is 4.21. The molecular weight excluding hydrogens is 244 g/mol. The highest BCUT2D eigenvalue weighted by molar-refractivity contribution is 5.88. The minimum absolute atomic E-state index is 0.103. The molecule has 1 heterocycles. The SMILES string of the molecule is COC(=O)CCNC(=O)Cc1c[nH]c2ccccc12. The van der Waals surface area contributed by atoms with E-state index in [1.54, 1.807) is 0 Å². The highest BCUT2D eigenvalue weighted by Crippen LogP contribution is 2.17. The van der Waals surface area contributed by atoms with Gasteiger partial charge in [0.25, 0.3) is 0 Å². The molecule has 1 aromatic carbocycles. The number of ether oxygens (including phenoxy) is 1. The predicted octanol–water partition coefficient (Wildman–Crippen LogP) is 1.39. The van der Waals surface area contributed by atoms with E-state index in [1.165, 1.54) is 7.11 Å². The number of amides is 1. The van der Waals surface area contributed by atoms with Crippen LogP contribution in [-0.2, 0) is 20.7 Å². The fraction of sp³-hybridized carbons (Fsp3) is 0.286. The van der Waals surface area contributed by atoms with Crippen molar-refractivity contribution in [2.24, 2.45) is 0 Å². The highest BCUT2D eigenvalue weighted by atomic mass is 16.5. The Kier molecular flexibility index (Phi) is 4.18. The van der Waals surface area contributed by atoms with Crippen molar-refractivity contribution >= 4 is 22.8 Å². The van der Waals surface area contributed by atoms with Crippen molar-refractivity contribution < 1.29 is 14.3 Å². The molecular formula is C14H16N2O3. The Balaban J connectivity index is 1.90. The summed E-state index contributed by atoms with van der Waals surface area (Å²) >= 11 is 0. The lowest BCUT2D eigenvalue weighted by atomic mass is 10.1. The van der Waals surface area contributed by atoms with Gasteiger partial charge in [0.2, 0.25) is 5.91 Å². The molecule has 2 rings (SSSR count). The molecule has 0 aliphatic carbocycles. The van der Waals surface area contributed by atoms with Crippen molar-refractivity contribution in [3.05, 3.63) is 36.0 Å². The van der Waals surface area contributed by atoms with E-state index in [1.807, 2.05) is 30.5 Å². The Morgan fingerprint density at radius 1 is 1.32 bits per heavy atom. The molecule has 100 valence electrons. The minimum atomic E-state index is -0.326. The lowest BCUT2D eigenvalue weighted by molar-refractivity contribution is -0.140. The van der Waals surface area contributed by atoms with Crippen LogP contribution in [0.4, 0.5) is 0 Å². The second-order valence-electron chi connectivity index (χ2n) is 4.21. The third-order valence-corrected chi connectivity index (χ3v) is 2.90. The lowest BCUT2D eigenvalue weighted by Crippen LogP contribution is -2.27. The van der Waals surface area contributed by atoms with Crippen LogP contribution < -0.4 is 5.32 Å². The average molecular weight is 260 g/mol. The quantitative estimate of drug-likeness (QED) is 0.798. The van der Waals surface area contributed by atoms with Crippen molar-refractivity contribution in [2.45, 2.75) is 12.8 Å². The van der Waals surface area contributed by atoms with Crippen LogP contribution in [0.25, 0.3) is 10.9 Å². The summed E-state index contributed by atoms with van der Waals surface area (Å²) in [4.78, 5) is 25.8. The van der Waals surface area contributed by atoms with Gasteiger partial charge in [-0.15, -0.1) is 0 Å². The van der Waals surface area contributed by atoms with E-state index >= 15 is 0 Å². The number of hydrogen-bond acceptors (Lipinski definition) is 3. The molecule has 0 fully saturated rings. The van der Waals surface area contributed by atoms with Gasteiger partial charge in [-0.3, -0.25) is 9.59 Å². The maximum Gasteiger partial charge on any atom is 0.307 e. The summed E-state index contributed by atoms with van der Waals surface area (Å²) in [5.41, 5.74) is 1.96. The van der Waals surface area contributed by atoms with Crippen molar-refractivity contribution in [3.8, 4) is 0 Å². The van der Waals surface area contributed by atoms with Crippen LogP contribution in [0, 0.1) is 0 Å². The Labute approximate surface area is 110 Å². The van der Waals surface area contributed by atoms with Gasteiger partial charge in [0.05, 0.1) is 20.0 Å². The van der Waals surface area contributed by atoms with Crippen LogP contribution >= 0.6 is 0 Å². The van der Waals surface area contributed by atoms with E-state index in [0.29, 0.717) is 13.0 Å². The first kappa shape index (κ1) is 13.1. The molecule has 5 nitrogen and oxygen atoms in total. The molecule has 0 saturated carbocycles. The van der Waals surface area contributed by atoms with Crippen LogP contribution in [0.15, 0.2) is 30.5 Å². The normalized spacial score (nSPS) is 10.4. The summed E-state index contributed by atoms with van der Waals surface area (Å²) in [5, 5.41) is 3.74. The monoisotopic (exact) mass is 260 g/mol. The van der Waals surface area contributed by atoms with Gasteiger partial charge in [0.15, 0.2) is 0 Å². The largest absolute Gasteiger partial charge is 0.469 e. The van der Waals surface area contributed by atoms with E-state index in [2.05, 4.69) is 15.0 Å². The van der Waals surface area contributed by atoms with Crippen LogP contribution in [0.3, 0.4) is 0 Å². The van der Waals surface area contributed by atoms with Crippen LogP contribution in [0.5, 0.6) is 0 Å². The number of aromatic nitrogens is 1. The zero-order valence-electron chi connectivity index (χ0n) is 10.7. The van der Waals surface area contributed by atoms with E-state index in [9.17, 15) is 9.59 Å². The molecule has 19 heavy (non-hydrogen) atoms. The first-order valence-electron chi connectivity index (χ1n) is 6.09. The molecule has 0 unspecified atom stereocenters. The minimum Gasteiger partial charge on any atom is -0.469 e. The number of para-hydroxylation sites is 1. The molecule has 1 amide bonds. The van der Waals surface area contributed by atoms with Gasteiger partial charge in [-0.05, 0) is 11.6 Å². The molecule has 0 bridgehead atoms. The van der Waals surface area contributed by atoms with Gasteiger partial charge < -0.3 is 15.0 Å². The second kappa shape index (κ2) is 6.04. The summed E-state index contributed by atoms with van der Waals surface area (Å²) in [6.07, 6.45) is 2.33. The van der Waals surface area contributed by atoms with Gasteiger partial charge in [0.1, 0.15) is 0 Å². The number of aromatic amines is 1. The van der Waals surface area contributed by atoms with Crippen molar-refractivity contribution in [1.82, 2.24) is 10.3 Å². The van der Waals surface area contributed by atoms with E-state index in [4.69, 9.17) is 0 Å². The highest BCUT2D eigenvalue weighted by Gasteiger charge is 2.08. The van der Waals surface area contributed by atoms with Crippen LogP contribution in [0.2, 0.25) is 0 Å². The number of rotatable bonds is 5. The Morgan fingerprint density at radius 3 is 2.89 bits per heavy atom. The fourth-order valence-corrected chi connectivity index (χ4v) is 1.92. The number of esters is 1. The van der Waals surface area contributed by atoms with Crippen molar-refractivity contribution in [1.29, 1.82) is 0 Å². The topological polar surface area (TPSA) is 71.2 Å². The Hall–Kier alpha value is -2.30. The molecule has 0 spiro atoms. The smallest absolute Gasteiger partial charge is 0.307 e. The predicted molar refractivity (Wildman–Crippen MR) is 71.6 cm³/mol. The summed E-state index contributed by atoms with van der Waals surface area (Å²) in [5.74, 6) is -0.430. The van der Waals surface area contributed by atoms with Crippen LogP contribution in [-0.4, -0.2) is 30.5 Å². The van der Waals surface area contributed by atoms with Gasteiger partial charge >= 0.3 is 5.97 Å². The summed E-state index contributed by atoms with van der Waals surface area (Å²) in [6.45, 7) is 0.299. The maximum atomic E-state index is 11.7. The maximum absolute atomic E-state index is 11.7. The molecule has 0 aliphatic rings. The van der Waals surface area contributed by atoms with Gasteiger partial charge in [-0.25, -0.2) is 0 Å². The number of nitrogens with one attached hydrogen (secondary N) is 2. The van der Waals surface area contributed by atoms with Gasteiger partial charge in [-0.2, -0.15) is 0 Å². The molecule has 1 aromatic heterocycles. The number of H-pyrrole nitrogens is 1. The fourth-order valence-electron chi connectivity index (χ4n) is 1.92. The van der Waals surface area contributed by atoms with E-state index in [-0.39, 0.29) is 18.3 Å². The van der Waals surface area contributed by atoms with Gasteiger partial charge in [-0.1, -0.05) is 18.2 Å². The molecule has 2 aromatic rings. The molecule has 5 heteroatoms. The number of carbonyl (C=O) groups excluding carboxylic acids is 2. The number of methoxy groups -OCH3 is 1. The lowest BCUT2D eigenvalue weighted by Gasteiger charge is -2.03. The number of benzene rings is 1. The number of carbonyl (C=O) groups is 2. The first-order chi connectivity index (χ1) is 9.20. The van der Waals surface area contributed by atoms with Gasteiger partial charge in [0, 0.05) is 23.6 Å². The Bertz CT molecular complexity index is 589. The molecule has 0 saturated heterocycles. The van der Waals surface area contributed by atoms with Crippen LogP contribution in [0.1, 0.15) is 12.0 Å². The summed E-state index contributed by atoms with van der Waals surface area (Å²) in [6, 6.07) is 7.82. The summed E-state index contributed by atoms with van der Waals surface area (Å²) < 4.78 is 4.50. The zero-order valence-corrected chi connectivity index (χ0v) is 10.7. The first-order valence-corrected chi connectivity index (χ1v) is 6.09. The standard InChI is InChI=1S/C14H16N2O3/c1-19-14(18)6-7-15-13(17)8-10-9-16-12-5-3-2-4-11(10)12/h2-5,9,16H,6-8H2,1H3,(H,15,17). The van der Waals surface area contributed by atoms with E-state index < -0.39 is 0 Å².